The standard InChI is InChI=1S/C20H22N4O4/c1-14-11-16(20(26)19(12-14)24(27)28)13-21-17-3-5-18(6-4-17)23-9-7-22(8-10-23)15(2)25/h3-6,11-13,26H,7-10H2,1-2H3. The molecule has 0 saturated carbocycles. The number of anilines is 1. The average molecular weight is 382 g/mol. The first kappa shape index (κ1) is 19.3. The predicted molar refractivity (Wildman–Crippen MR) is 108 cm³/mol. The van der Waals surface area contributed by atoms with E-state index in [9.17, 15) is 20.0 Å². The Hall–Kier alpha value is -3.42. The molecule has 1 aliphatic heterocycles. The minimum atomic E-state index is -0.611. The number of carbonyl (C=O) groups excluding carboxylic acids is 1. The molecule has 1 heterocycles. The van der Waals surface area contributed by atoms with Crippen molar-refractivity contribution in [2.75, 3.05) is 31.1 Å². The molecule has 1 saturated heterocycles. The number of aliphatic imine (C=N–C) groups is 1. The monoisotopic (exact) mass is 382 g/mol. The molecule has 1 fully saturated rings. The lowest BCUT2D eigenvalue weighted by Crippen LogP contribution is -2.48. The molecule has 1 aliphatic rings. The molecule has 1 amide bonds. The van der Waals surface area contributed by atoms with Crippen molar-refractivity contribution in [3.63, 3.8) is 0 Å². The summed E-state index contributed by atoms with van der Waals surface area (Å²) in [5.74, 6) is -0.289. The third-order valence-corrected chi connectivity index (χ3v) is 4.75. The number of hydrogen-bond acceptors (Lipinski definition) is 6. The molecule has 0 bridgehead atoms. The van der Waals surface area contributed by atoms with E-state index in [2.05, 4.69) is 9.89 Å². The van der Waals surface area contributed by atoms with Crippen molar-refractivity contribution in [2.24, 2.45) is 4.99 Å². The highest BCUT2D eigenvalue weighted by atomic mass is 16.6. The van der Waals surface area contributed by atoms with Crippen LogP contribution in [-0.2, 0) is 4.79 Å². The van der Waals surface area contributed by atoms with Crippen LogP contribution in [0.5, 0.6) is 5.75 Å². The van der Waals surface area contributed by atoms with Crippen molar-refractivity contribution in [2.45, 2.75) is 13.8 Å². The van der Waals surface area contributed by atoms with Crippen LogP contribution in [0, 0.1) is 17.0 Å². The van der Waals surface area contributed by atoms with Gasteiger partial charge >= 0.3 is 5.69 Å². The molecular weight excluding hydrogens is 360 g/mol. The van der Waals surface area contributed by atoms with Gasteiger partial charge in [-0.15, -0.1) is 0 Å². The zero-order chi connectivity index (χ0) is 20.3. The third-order valence-electron chi connectivity index (χ3n) is 4.75. The van der Waals surface area contributed by atoms with Crippen LogP contribution in [0.25, 0.3) is 0 Å². The van der Waals surface area contributed by atoms with E-state index in [4.69, 9.17) is 0 Å². The van der Waals surface area contributed by atoms with Crippen LogP contribution in [0.2, 0.25) is 0 Å². The van der Waals surface area contributed by atoms with Gasteiger partial charge in [0.2, 0.25) is 11.7 Å². The predicted octanol–water partition coefficient (Wildman–Crippen LogP) is 3.03. The van der Waals surface area contributed by atoms with E-state index in [1.165, 1.54) is 12.3 Å². The molecule has 0 spiro atoms. The molecule has 0 aliphatic carbocycles. The Balaban J connectivity index is 1.71. The Kier molecular flexibility index (Phi) is 5.58. The number of nitro groups is 1. The van der Waals surface area contributed by atoms with Crippen molar-refractivity contribution < 1.29 is 14.8 Å². The molecule has 1 N–H and O–H groups in total. The molecule has 0 unspecified atom stereocenters. The number of benzene rings is 2. The summed E-state index contributed by atoms with van der Waals surface area (Å²) in [6, 6.07) is 10.6. The number of aryl methyl sites for hydroxylation is 1. The Morgan fingerprint density at radius 2 is 1.82 bits per heavy atom. The first-order chi connectivity index (χ1) is 13.3. The molecule has 146 valence electrons. The number of hydrogen-bond donors (Lipinski definition) is 1. The van der Waals surface area contributed by atoms with E-state index in [1.54, 1.807) is 19.9 Å². The molecule has 8 nitrogen and oxygen atoms in total. The SMILES string of the molecule is CC(=O)N1CCN(c2ccc(N=Cc3cc(C)cc([N+](=O)[O-])c3O)cc2)CC1. The van der Waals surface area contributed by atoms with E-state index < -0.39 is 4.92 Å². The van der Waals surface area contributed by atoms with E-state index >= 15 is 0 Å². The van der Waals surface area contributed by atoms with Crippen molar-refractivity contribution >= 4 is 29.2 Å². The summed E-state index contributed by atoms with van der Waals surface area (Å²) in [5, 5.41) is 21.1. The summed E-state index contributed by atoms with van der Waals surface area (Å²) in [7, 11) is 0. The first-order valence-electron chi connectivity index (χ1n) is 8.98. The van der Waals surface area contributed by atoms with Gasteiger partial charge in [-0.2, -0.15) is 0 Å². The van der Waals surface area contributed by atoms with Crippen LogP contribution in [0.4, 0.5) is 17.1 Å². The number of phenols is 1. The van der Waals surface area contributed by atoms with Crippen LogP contribution in [-0.4, -0.2) is 53.2 Å². The summed E-state index contributed by atoms with van der Waals surface area (Å²) in [6.07, 6.45) is 1.43. The van der Waals surface area contributed by atoms with Gasteiger partial charge in [0, 0.05) is 56.6 Å². The van der Waals surface area contributed by atoms with Crippen molar-refractivity contribution in [3.05, 3.63) is 57.6 Å². The van der Waals surface area contributed by atoms with Crippen LogP contribution in [0.1, 0.15) is 18.1 Å². The van der Waals surface area contributed by atoms with Gasteiger partial charge in [-0.05, 0) is 42.8 Å². The second-order valence-electron chi connectivity index (χ2n) is 6.75. The number of rotatable bonds is 4. The maximum atomic E-state index is 11.4. The molecule has 0 radical (unpaired) electrons. The summed E-state index contributed by atoms with van der Waals surface area (Å²) < 4.78 is 0. The number of phenolic OH excluding ortho intramolecular Hbond substituents is 1. The van der Waals surface area contributed by atoms with Gasteiger partial charge in [-0.1, -0.05) is 0 Å². The Morgan fingerprint density at radius 1 is 1.18 bits per heavy atom. The summed E-state index contributed by atoms with van der Waals surface area (Å²) in [5.41, 5.74) is 2.37. The topological polar surface area (TPSA) is 99.3 Å². The van der Waals surface area contributed by atoms with Gasteiger partial charge in [-0.3, -0.25) is 19.9 Å². The number of nitro benzene ring substituents is 1. The van der Waals surface area contributed by atoms with Gasteiger partial charge < -0.3 is 14.9 Å². The van der Waals surface area contributed by atoms with E-state index in [-0.39, 0.29) is 17.3 Å². The third kappa shape index (κ3) is 4.28. The van der Waals surface area contributed by atoms with Crippen LogP contribution >= 0.6 is 0 Å². The van der Waals surface area contributed by atoms with Crippen LogP contribution in [0.15, 0.2) is 41.4 Å². The molecule has 8 heteroatoms. The van der Waals surface area contributed by atoms with E-state index in [1.807, 2.05) is 29.2 Å². The van der Waals surface area contributed by atoms with Gasteiger partial charge in [0.25, 0.3) is 0 Å². The quantitative estimate of drug-likeness (QED) is 0.498. The molecular formula is C20H22N4O4. The summed E-state index contributed by atoms with van der Waals surface area (Å²) in [4.78, 5) is 30.2. The minimum absolute atomic E-state index is 0.101. The lowest BCUT2D eigenvalue weighted by atomic mass is 10.1. The fourth-order valence-electron chi connectivity index (χ4n) is 3.20. The summed E-state index contributed by atoms with van der Waals surface area (Å²) >= 11 is 0. The average Bonchev–Trinajstić information content (AvgIpc) is 2.68. The fourth-order valence-corrected chi connectivity index (χ4v) is 3.20. The number of piperazine rings is 1. The fraction of sp³-hybridized carbons (Fsp3) is 0.300. The highest BCUT2D eigenvalue weighted by molar-refractivity contribution is 5.87. The van der Waals surface area contributed by atoms with Gasteiger partial charge in [0.15, 0.2) is 0 Å². The molecule has 3 rings (SSSR count). The van der Waals surface area contributed by atoms with Crippen LogP contribution in [0.3, 0.4) is 0 Å². The van der Waals surface area contributed by atoms with Crippen LogP contribution < -0.4 is 4.90 Å². The minimum Gasteiger partial charge on any atom is -0.502 e. The highest BCUT2D eigenvalue weighted by Gasteiger charge is 2.19. The second kappa shape index (κ2) is 8.08. The maximum absolute atomic E-state index is 11.4. The molecule has 0 aromatic heterocycles. The van der Waals surface area contributed by atoms with E-state index in [0.29, 0.717) is 29.9 Å². The number of amides is 1. The molecule has 28 heavy (non-hydrogen) atoms. The Bertz CT molecular complexity index is 917. The Labute approximate surface area is 162 Å². The highest BCUT2D eigenvalue weighted by Crippen LogP contribution is 2.30. The van der Waals surface area contributed by atoms with Crippen molar-refractivity contribution in [1.82, 2.24) is 4.90 Å². The normalized spacial score (nSPS) is 14.5. The molecule has 2 aromatic rings. The largest absolute Gasteiger partial charge is 0.502 e. The van der Waals surface area contributed by atoms with Gasteiger partial charge in [-0.25, -0.2) is 0 Å². The number of aromatic hydroxyl groups is 1. The Morgan fingerprint density at radius 3 is 2.39 bits per heavy atom. The number of carbonyl (C=O) groups is 1. The van der Waals surface area contributed by atoms with Gasteiger partial charge in [0.05, 0.1) is 10.6 Å². The van der Waals surface area contributed by atoms with Crippen molar-refractivity contribution in [1.29, 1.82) is 0 Å². The zero-order valence-electron chi connectivity index (χ0n) is 15.8. The smallest absolute Gasteiger partial charge is 0.311 e. The number of nitrogens with zero attached hydrogens (tertiary/aromatic N) is 4. The maximum Gasteiger partial charge on any atom is 0.311 e. The summed E-state index contributed by atoms with van der Waals surface area (Å²) in [6.45, 7) is 6.29. The lowest BCUT2D eigenvalue weighted by Gasteiger charge is -2.35. The zero-order valence-corrected chi connectivity index (χ0v) is 15.8. The lowest BCUT2D eigenvalue weighted by molar-refractivity contribution is -0.385. The first-order valence-corrected chi connectivity index (χ1v) is 8.98. The van der Waals surface area contributed by atoms with E-state index in [0.717, 1.165) is 18.8 Å². The molecule has 0 atom stereocenters. The second-order valence-corrected chi connectivity index (χ2v) is 6.75. The van der Waals surface area contributed by atoms with Crippen molar-refractivity contribution in [3.8, 4) is 5.75 Å². The molecule has 2 aromatic carbocycles. The van der Waals surface area contributed by atoms with Gasteiger partial charge in [0.1, 0.15) is 0 Å².